The van der Waals surface area contributed by atoms with E-state index in [9.17, 15) is 0 Å². The van der Waals surface area contributed by atoms with Crippen LogP contribution in [-0.2, 0) is 0 Å². The van der Waals surface area contributed by atoms with Gasteiger partial charge in [-0.15, -0.1) is 0 Å². The van der Waals surface area contributed by atoms with E-state index >= 15 is 0 Å². The number of hydrogen-bond donors (Lipinski definition) is 0. The number of rotatable bonds is 8. The van der Waals surface area contributed by atoms with Gasteiger partial charge in [-0.05, 0) is 105 Å². The van der Waals surface area contributed by atoms with Crippen LogP contribution in [0.3, 0.4) is 0 Å². The second-order valence-corrected chi connectivity index (χ2v) is 16.2. The Labute approximate surface area is 298 Å². The SMILES string of the molecule is c1cncc(N(c2cccnc2)c2cccc([Si]3(c4cccc(N(c5cccnc5)c5cccnc5)c4)c4ccccc4-c4ccccc43)c2)c1. The van der Waals surface area contributed by atoms with E-state index in [0.29, 0.717) is 0 Å². The summed E-state index contributed by atoms with van der Waals surface area (Å²) in [4.78, 5) is 22.4. The molecule has 0 saturated carbocycles. The molecule has 1 aliphatic heterocycles. The topological polar surface area (TPSA) is 58.0 Å². The lowest BCUT2D eigenvalue weighted by atomic mass is 10.1. The molecule has 0 bridgehead atoms. The van der Waals surface area contributed by atoms with Crippen molar-refractivity contribution in [3.05, 3.63) is 195 Å². The summed E-state index contributed by atoms with van der Waals surface area (Å²) in [5.74, 6) is 0. The molecule has 4 aromatic heterocycles. The zero-order valence-electron chi connectivity index (χ0n) is 27.7. The first-order valence-electron chi connectivity index (χ1n) is 16.9. The fraction of sp³-hybridized carbons (Fsp3) is 0. The molecule has 6 nitrogen and oxygen atoms in total. The van der Waals surface area contributed by atoms with Crippen LogP contribution < -0.4 is 30.5 Å². The third-order valence-corrected chi connectivity index (χ3v) is 14.5. The highest BCUT2D eigenvalue weighted by Crippen LogP contribution is 2.36. The molecular formula is C44H32N6Si. The quantitative estimate of drug-likeness (QED) is 0.155. The zero-order valence-corrected chi connectivity index (χ0v) is 28.7. The average molecular weight is 673 g/mol. The number of fused-ring (bicyclic) bond motifs is 3. The third kappa shape index (κ3) is 5.19. The van der Waals surface area contributed by atoms with Crippen LogP contribution in [0.15, 0.2) is 195 Å². The lowest BCUT2D eigenvalue weighted by molar-refractivity contribution is 1.20. The van der Waals surface area contributed by atoms with E-state index in [1.807, 2.05) is 73.8 Å². The van der Waals surface area contributed by atoms with Gasteiger partial charge in [0.25, 0.3) is 0 Å². The van der Waals surface area contributed by atoms with E-state index in [2.05, 4.69) is 151 Å². The second-order valence-electron chi connectivity index (χ2n) is 12.5. The summed E-state index contributed by atoms with van der Waals surface area (Å²) in [5, 5.41) is 5.34. The van der Waals surface area contributed by atoms with Gasteiger partial charge in [0.05, 0.1) is 47.5 Å². The van der Waals surface area contributed by atoms with Crippen LogP contribution in [0.25, 0.3) is 11.1 Å². The summed E-state index contributed by atoms with van der Waals surface area (Å²) in [7, 11) is -2.90. The van der Waals surface area contributed by atoms with Crippen molar-refractivity contribution in [2.45, 2.75) is 0 Å². The molecule has 1 aliphatic rings. The third-order valence-electron chi connectivity index (χ3n) is 9.64. The summed E-state index contributed by atoms with van der Waals surface area (Å²) < 4.78 is 0. The van der Waals surface area contributed by atoms with Crippen LogP contribution in [0.1, 0.15) is 0 Å². The molecular weight excluding hydrogens is 641 g/mol. The summed E-state index contributed by atoms with van der Waals surface area (Å²) in [6.07, 6.45) is 14.9. The maximum absolute atomic E-state index is 4.49. The summed E-state index contributed by atoms with van der Waals surface area (Å²) in [5.41, 5.74) is 8.56. The van der Waals surface area contributed by atoms with Gasteiger partial charge in [0.15, 0.2) is 8.07 Å². The number of aromatic nitrogens is 4. The normalized spacial score (nSPS) is 12.5. The molecule has 8 aromatic rings. The van der Waals surface area contributed by atoms with E-state index in [1.165, 1.54) is 31.9 Å². The van der Waals surface area contributed by atoms with Gasteiger partial charge >= 0.3 is 0 Å². The molecule has 0 saturated heterocycles. The maximum Gasteiger partial charge on any atom is 0.181 e. The Balaban J connectivity index is 1.31. The van der Waals surface area contributed by atoms with E-state index in [1.54, 1.807) is 0 Å². The van der Waals surface area contributed by atoms with Crippen LogP contribution >= 0.6 is 0 Å². The molecule has 0 aliphatic carbocycles. The zero-order chi connectivity index (χ0) is 34.0. The molecule has 0 fully saturated rings. The highest BCUT2D eigenvalue weighted by atomic mass is 28.3. The van der Waals surface area contributed by atoms with Crippen molar-refractivity contribution < 1.29 is 0 Å². The summed E-state index contributed by atoms with van der Waals surface area (Å²) in [6, 6.07) is 52.4. The number of benzene rings is 4. The van der Waals surface area contributed by atoms with E-state index in [0.717, 1.165) is 34.1 Å². The lowest BCUT2D eigenvalue weighted by Gasteiger charge is -2.34. The predicted octanol–water partition coefficient (Wildman–Crippen LogP) is 7.56. The molecule has 0 amide bonds. The molecule has 9 rings (SSSR count). The molecule has 51 heavy (non-hydrogen) atoms. The minimum Gasteiger partial charge on any atom is -0.307 e. The first kappa shape index (κ1) is 30.4. The van der Waals surface area contributed by atoms with Crippen LogP contribution in [0, 0.1) is 0 Å². The van der Waals surface area contributed by atoms with Gasteiger partial charge in [0, 0.05) is 36.2 Å². The summed E-state index contributed by atoms with van der Waals surface area (Å²) in [6.45, 7) is 0. The molecule has 0 atom stereocenters. The molecule has 0 N–H and O–H groups in total. The number of nitrogens with zero attached hydrogens (tertiary/aromatic N) is 6. The van der Waals surface area contributed by atoms with Gasteiger partial charge in [0.2, 0.25) is 0 Å². The molecule has 242 valence electrons. The highest BCUT2D eigenvalue weighted by molar-refractivity contribution is 7.22. The van der Waals surface area contributed by atoms with Gasteiger partial charge in [-0.25, -0.2) is 0 Å². The monoisotopic (exact) mass is 672 g/mol. The van der Waals surface area contributed by atoms with Gasteiger partial charge in [-0.2, -0.15) is 0 Å². The van der Waals surface area contributed by atoms with Gasteiger partial charge < -0.3 is 9.80 Å². The standard InChI is InChI=1S/C44H32N6Si/c1-3-21-43-41(19-1)42-20-2-4-22-44(42)51(43,39-17-5-11-33(27-39)49(35-13-7-23-45-29-35)36-14-8-24-46-30-36)40-18-6-12-34(28-40)50(37-15-9-25-47-31-37)38-16-10-26-48-32-38/h1-32H. The van der Waals surface area contributed by atoms with Crippen LogP contribution in [0.4, 0.5) is 34.1 Å². The van der Waals surface area contributed by atoms with Crippen molar-refractivity contribution in [2.24, 2.45) is 0 Å². The molecule has 0 radical (unpaired) electrons. The van der Waals surface area contributed by atoms with Crippen molar-refractivity contribution in [1.82, 2.24) is 19.9 Å². The van der Waals surface area contributed by atoms with E-state index in [4.69, 9.17) is 0 Å². The predicted molar refractivity (Wildman–Crippen MR) is 210 cm³/mol. The van der Waals surface area contributed by atoms with E-state index in [-0.39, 0.29) is 0 Å². The van der Waals surface area contributed by atoms with Crippen molar-refractivity contribution in [2.75, 3.05) is 9.80 Å². The van der Waals surface area contributed by atoms with Crippen molar-refractivity contribution in [3.63, 3.8) is 0 Å². The first-order valence-corrected chi connectivity index (χ1v) is 18.9. The van der Waals surface area contributed by atoms with Crippen molar-refractivity contribution in [1.29, 1.82) is 0 Å². The van der Waals surface area contributed by atoms with Gasteiger partial charge in [-0.1, -0.05) is 72.8 Å². The molecule has 0 unspecified atom stereocenters. The molecule has 5 heterocycles. The minimum absolute atomic E-state index is 0.969. The fourth-order valence-electron chi connectivity index (χ4n) is 7.62. The minimum atomic E-state index is -2.90. The van der Waals surface area contributed by atoms with E-state index < -0.39 is 8.07 Å². The number of pyridine rings is 4. The smallest absolute Gasteiger partial charge is 0.181 e. The first-order chi connectivity index (χ1) is 25.3. The molecule has 0 spiro atoms. The number of anilines is 6. The van der Waals surface area contributed by atoms with Crippen molar-refractivity contribution >= 4 is 62.9 Å². The number of hydrogen-bond acceptors (Lipinski definition) is 6. The largest absolute Gasteiger partial charge is 0.307 e. The fourth-order valence-corrected chi connectivity index (χ4v) is 12.8. The Morgan fingerprint density at radius 2 is 0.686 bits per heavy atom. The van der Waals surface area contributed by atoms with Crippen molar-refractivity contribution in [3.8, 4) is 11.1 Å². The average Bonchev–Trinajstić information content (AvgIpc) is 3.51. The summed E-state index contributed by atoms with van der Waals surface area (Å²) >= 11 is 0. The second kappa shape index (κ2) is 13.0. The Morgan fingerprint density at radius 1 is 0.333 bits per heavy atom. The van der Waals surface area contributed by atoms with Gasteiger partial charge in [-0.3, -0.25) is 19.9 Å². The Kier molecular flexibility index (Phi) is 7.72. The highest BCUT2D eigenvalue weighted by Gasteiger charge is 2.49. The maximum atomic E-state index is 4.49. The Hall–Kier alpha value is -6.70. The Bertz CT molecular complexity index is 2190. The van der Waals surface area contributed by atoms with Gasteiger partial charge in [0.1, 0.15) is 0 Å². The van der Waals surface area contributed by atoms with Crippen LogP contribution in [0.2, 0.25) is 0 Å². The molecule has 7 heteroatoms. The lowest BCUT2D eigenvalue weighted by Crippen LogP contribution is -2.72. The Morgan fingerprint density at radius 3 is 1.04 bits per heavy atom. The van der Waals surface area contributed by atoms with Crippen LogP contribution in [0.5, 0.6) is 0 Å². The molecule has 4 aromatic carbocycles. The van der Waals surface area contributed by atoms with Crippen LogP contribution in [-0.4, -0.2) is 28.0 Å².